The number of nitrogens with zero attached hydrogens (tertiary/aromatic N) is 4. The average molecular weight is 306 g/mol. The number of rotatable bonds is 9. The standard InChI is InChI=1S/C16H30N6/c1-3-5-10-17-14-19-15(18-11-6-4-2)21-16(20-14)22-12-8-7-9-13-22/h3-13H2,1-2H3,(H2,17,18,19,20,21). The second-order valence-corrected chi connectivity index (χ2v) is 5.89. The van der Waals surface area contributed by atoms with Gasteiger partial charge in [0.1, 0.15) is 0 Å². The first-order chi connectivity index (χ1) is 10.8. The minimum Gasteiger partial charge on any atom is -0.354 e. The predicted molar refractivity (Wildman–Crippen MR) is 92.7 cm³/mol. The molecule has 0 saturated carbocycles. The summed E-state index contributed by atoms with van der Waals surface area (Å²) < 4.78 is 0. The molecule has 1 saturated heterocycles. The molecule has 2 heterocycles. The molecule has 22 heavy (non-hydrogen) atoms. The van der Waals surface area contributed by atoms with Crippen molar-refractivity contribution in [1.29, 1.82) is 0 Å². The Balaban J connectivity index is 2.07. The van der Waals surface area contributed by atoms with Crippen LogP contribution in [-0.4, -0.2) is 41.1 Å². The highest BCUT2D eigenvalue weighted by atomic mass is 15.3. The fraction of sp³-hybridized carbons (Fsp3) is 0.812. The Bertz CT molecular complexity index is 402. The molecular weight excluding hydrogens is 276 g/mol. The van der Waals surface area contributed by atoms with Crippen molar-refractivity contribution < 1.29 is 0 Å². The lowest BCUT2D eigenvalue weighted by molar-refractivity contribution is 0.567. The molecule has 6 heteroatoms. The second-order valence-electron chi connectivity index (χ2n) is 5.89. The Morgan fingerprint density at radius 2 is 1.36 bits per heavy atom. The van der Waals surface area contributed by atoms with Crippen molar-refractivity contribution in [3.05, 3.63) is 0 Å². The van der Waals surface area contributed by atoms with Crippen molar-refractivity contribution >= 4 is 17.8 Å². The van der Waals surface area contributed by atoms with Crippen LogP contribution in [0.4, 0.5) is 17.8 Å². The molecule has 0 radical (unpaired) electrons. The monoisotopic (exact) mass is 306 g/mol. The molecule has 1 aromatic heterocycles. The summed E-state index contributed by atoms with van der Waals surface area (Å²) >= 11 is 0. The molecule has 0 spiro atoms. The van der Waals surface area contributed by atoms with Gasteiger partial charge in [-0.3, -0.25) is 0 Å². The molecule has 1 fully saturated rings. The summed E-state index contributed by atoms with van der Waals surface area (Å²) in [5.74, 6) is 2.21. The van der Waals surface area contributed by atoms with Crippen LogP contribution in [0, 0.1) is 0 Å². The Morgan fingerprint density at radius 3 is 1.86 bits per heavy atom. The molecule has 1 aliphatic rings. The molecule has 124 valence electrons. The number of piperidine rings is 1. The van der Waals surface area contributed by atoms with E-state index in [1.165, 1.54) is 32.1 Å². The molecule has 2 N–H and O–H groups in total. The number of anilines is 3. The van der Waals surface area contributed by atoms with Crippen molar-refractivity contribution in [3.63, 3.8) is 0 Å². The van der Waals surface area contributed by atoms with Crippen LogP contribution in [-0.2, 0) is 0 Å². The molecule has 0 atom stereocenters. The van der Waals surface area contributed by atoms with Crippen LogP contribution < -0.4 is 15.5 Å². The number of nitrogens with one attached hydrogen (secondary N) is 2. The Labute approximate surface area is 134 Å². The van der Waals surface area contributed by atoms with Gasteiger partial charge in [-0.05, 0) is 32.1 Å². The van der Waals surface area contributed by atoms with Gasteiger partial charge in [-0.25, -0.2) is 0 Å². The lowest BCUT2D eigenvalue weighted by Gasteiger charge is -2.27. The zero-order valence-electron chi connectivity index (χ0n) is 14.1. The zero-order chi connectivity index (χ0) is 15.6. The van der Waals surface area contributed by atoms with Crippen LogP contribution in [0.25, 0.3) is 0 Å². The first-order valence-electron chi connectivity index (χ1n) is 8.82. The third-order valence-electron chi connectivity index (χ3n) is 3.89. The highest BCUT2D eigenvalue weighted by Gasteiger charge is 2.16. The van der Waals surface area contributed by atoms with Crippen molar-refractivity contribution in [2.24, 2.45) is 0 Å². The summed E-state index contributed by atoms with van der Waals surface area (Å²) in [6.07, 6.45) is 8.35. The first-order valence-corrected chi connectivity index (χ1v) is 8.82. The van der Waals surface area contributed by atoms with Crippen LogP contribution in [0.15, 0.2) is 0 Å². The summed E-state index contributed by atoms with van der Waals surface area (Å²) in [5.41, 5.74) is 0. The van der Waals surface area contributed by atoms with Crippen LogP contribution >= 0.6 is 0 Å². The molecule has 0 aliphatic carbocycles. The van der Waals surface area contributed by atoms with E-state index in [1.54, 1.807) is 0 Å². The van der Waals surface area contributed by atoms with E-state index in [4.69, 9.17) is 0 Å². The van der Waals surface area contributed by atoms with E-state index in [0.29, 0.717) is 11.9 Å². The minimum atomic E-state index is 0.697. The third-order valence-corrected chi connectivity index (χ3v) is 3.89. The highest BCUT2D eigenvalue weighted by Crippen LogP contribution is 2.18. The summed E-state index contributed by atoms with van der Waals surface area (Å²) in [4.78, 5) is 16.0. The van der Waals surface area contributed by atoms with Gasteiger partial charge in [-0.1, -0.05) is 26.7 Å². The van der Waals surface area contributed by atoms with Gasteiger partial charge in [0.25, 0.3) is 0 Å². The van der Waals surface area contributed by atoms with Gasteiger partial charge >= 0.3 is 0 Å². The SMILES string of the molecule is CCCCNc1nc(NCCCC)nc(N2CCCCC2)n1. The summed E-state index contributed by atoms with van der Waals surface area (Å²) in [6, 6.07) is 0. The molecule has 0 bridgehead atoms. The largest absolute Gasteiger partial charge is 0.354 e. The summed E-state index contributed by atoms with van der Waals surface area (Å²) in [5, 5.41) is 6.65. The van der Waals surface area contributed by atoms with E-state index in [9.17, 15) is 0 Å². The zero-order valence-corrected chi connectivity index (χ0v) is 14.1. The molecule has 0 aromatic carbocycles. The molecule has 1 aromatic rings. The fourth-order valence-corrected chi connectivity index (χ4v) is 2.51. The second kappa shape index (κ2) is 9.43. The van der Waals surface area contributed by atoms with Gasteiger partial charge in [0.05, 0.1) is 0 Å². The van der Waals surface area contributed by atoms with Crippen LogP contribution in [0.1, 0.15) is 58.8 Å². The van der Waals surface area contributed by atoms with Crippen molar-refractivity contribution in [2.45, 2.75) is 58.8 Å². The van der Waals surface area contributed by atoms with Crippen molar-refractivity contribution in [2.75, 3.05) is 41.7 Å². The number of hydrogen-bond acceptors (Lipinski definition) is 6. The van der Waals surface area contributed by atoms with Crippen LogP contribution in [0.5, 0.6) is 0 Å². The number of aromatic nitrogens is 3. The van der Waals surface area contributed by atoms with Crippen molar-refractivity contribution in [1.82, 2.24) is 15.0 Å². The molecule has 1 aliphatic heterocycles. The maximum Gasteiger partial charge on any atom is 0.231 e. The van der Waals surface area contributed by atoms with E-state index < -0.39 is 0 Å². The third kappa shape index (κ3) is 5.31. The molecule has 6 nitrogen and oxygen atoms in total. The lowest BCUT2D eigenvalue weighted by atomic mass is 10.1. The van der Waals surface area contributed by atoms with Gasteiger partial charge in [0.2, 0.25) is 17.8 Å². The molecule has 0 amide bonds. The van der Waals surface area contributed by atoms with E-state index in [2.05, 4.69) is 44.3 Å². The van der Waals surface area contributed by atoms with Gasteiger partial charge in [-0.2, -0.15) is 15.0 Å². The number of unbranched alkanes of at least 4 members (excludes halogenated alkanes) is 2. The highest BCUT2D eigenvalue weighted by molar-refractivity contribution is 5.44. The quantitative estimate of drug-likeness (QED) is 0.683. The topological polar surface area (TPSA) is 66.0 Å². The average Bonchev–Trinajstić information content (AvgIpc) is 2.56. The maximum atomic E-state index is 4.61. The molecule has 2 rings (SSSR count). The van der Waals surface area contributed by atoms with Crippen molar-refractivity contribution in [3.8, 4) is 0 Å². The Morgan fingerprint density at radius 1 is 0.818 bits per heavy atom. The predicted octanol–water partition coefficient (Wildman–Crippen LogP) is 3.29. The normalized spacial score (nSPS) is 14.9. The fourth-order valence-electron chi connectivity index (χ4n) is 2.51. The van der Waals surface area contributed by atoms with E-state index in [1.807, 2.05) is 0 Å². The van der Waals surface area contributed by atoms with Gasteiger partial charge in [-0.15, -0.1) is 0 Å². The molecule has 0 unspecified atom stereocenters. The van der Waals surface area contributed by atoms with Gasteiger partial charge in [0, 0.05) is 26.2 Å². The summed E-state index contributed by atoms with van der Waals surface area (Å²) in [7, 11) is 0. The van der Waals surface area contributed by atoms with Gasteiger partial charge in [0.15, 0.2) is 0 Å². The van der Waals surface area contributed by atoms with Crippen LogP contribution in [0.3, 0.4) is 0 Å². The van der Waals surface area contributed by atoms with Gasteiger partial charge < -0.3 is 15.5 Å². The molecular formula is C16H30N6. The maximum absolute atomic E-state index is 4.61. The number of hydrogen-bond donors (Lipinski definition) is 2. The lowest BCUT2D eigenvalue weighted by Crippen LogP contribution is -2.31. The van der Waals surface area contributed by atoms with E-state index in [-0.39, 0.29) is 0 Å². The van der Waals surface area contributed by atoms with E-state index in [0.717, 1.165) is 45.0 Å². The van der Waals surface area contributed by atoms with Crippen LogP contribution in [0.2, 0.25) is 0 Å². The minimum absolute atomic E-state index is 0.697. The van der Waals surface area contributed by atoms with E-state index >= 15 is 0 Å². The Kier molecular flexibility index (Phi) is 7.19. The first kappa shape index (κ1) is 16.8. The Hall–Kier alpha value is -1.59. The smallest absolute Gasteiger partial charge is 0.231 e. The summed E-state index contributed by atoms with van der Waals surface area (Å²) in [6.45, 7) is 8.29.